The van der Waals surface area contributed by atoms with E-state index >= 15 is 0 Å². The Balaban J connectivity index is 2.29. The molecule has 2 rings (SSSR count). The summed E-state index contributed by atoms with van der Waals surface area (Å²) >= 11 is 7.83. The molecule has 1 heterocycles. The molecule has 0 atom stereocenters. The minimum atomic E-state index is -0.294. The van der Waals surface area contributed by atoms with E-state index in [9.17, 15) is 9.18 Å². The van der Waals surface area contributed by atoms with Crippen molar-refractivity contribution in [1.82, 2.24) is 14.9 Å². The lowest BCUT2D eigenvalue weighted by molar-refractivity contribution is -0.121. The predicted molar refractivity (Wildman–Crippen MR) is 89.9 cm³/mol. The highest BCUT2D eigenvalue weighted by atomic mass is 127. The highest BCUT2D eigenvalue weighted by Crippen LogP contribution is 2.23. The second kappa shape index (κ2) is 6.91. The standard InChI is InChI=1S/C14H16ClFIN3O/c1-8(2)18-14(21)3-4-20-12-5-9(16)10(17)6-11(12)19-13(20)7-15/h5-6,8H,3-4,7H2,1-2H3,(H,18,21). The first kappa shape index (κ1) is 16.5. The number of rotatable bonds is 5. The maximum absolute atomic E-state index is 13.8. The van der Waals surface area contributed by atoms with Gasteiger partial charge in [0.2, 0.25) is 5.91 Å². The van der Waals surface area contributed by atoms with Gasteiger partial charge in [-0.05, 0) is 42.5 Å². The van der Waals surface area contributed by atoms with E-state index in [2.05, 4.69) is 10.3 Å². The number of hydrogen-bond donors (Lipinski definition) is 1. The zero-order valence-corrected chi connectivity index (χ0v) is 14.7. The van der Waals surface area contributed by atoms with Crippen molar-refractivity contribution in [3.05, 3.63) is 27.3 Å². The molecule has 0 bridgehead atoms. The normalized spacial score (nSPS) is 11.3. The fraction of sp³-hybridized carbons (Fsp3) is 0.429. The second-order valence-corrected chi connectivity index (χ2v) is 6.47. The second-order valence-electron chi connectivity index (χ2n) is 5.04. The third kappa shape index (κ3) is 3.85. The van der Waals surface area contributed by atoms with Crippen LogP contribution in [-0.2, 0) is 17.2 Å². The van der Waals surface area contributed by atoms with E-state index in [4.69, 9.17) is 11.6 Å². The lowest BCUT2D eigenvalue weighted by atomic mass is 10.3. The van der Waals surface area contributed by atoms with E-state index in [1.807, 2.05) is 36.4 Å². The van der Waals surface area contributed by atoms with Gasteiger partial charge >= 0.3 is 0 Å². The van der Waals surface area contributed by atoms with Crippen LogP contribution in [0.15, 0.2) is 12.1 Å². The molecule has 114 valence electrons. The van der Waals surface area contributed by atoms with Gasteiger partial charge in [-0.1, -0.05) is 0 Å². The molecule has 0 aliphatic rings. The number of halogens is 3. The van der Waals surface area contributed by atoms with Crippen molar-refractivity contribution in [3.8, 4) is 0 Å². The summed E-state index contributed by atoms with van der Waals surface area (Å²) in [7, 11) is 0. The third-order valence-corrected chi connectivity index (χ3v) is 4.07. The highest BCUT2D eigenvalue weighted by molar-refractivity contribution is 14.1. The fourth-order valence-electron chi connectivity index (χ4n) is 2.13. The van der Waals surface area contributed by atoms with Crippen LogP contribution in [0.3, 0.4) is 0 Å². The topological polar surface area (TPSA) is 46.9 Å². The summed E-state index contributed by atoms with van der Waals surface area (Å²) in [5.41, 5.74) is 1.36. The number of alkyl halides is 1. The van der Waals surface area contributed by atoms with Crippen LogP contribution < -0.4 is 5.32 Å². The minimum absolute atomic E-state index is 0.0432. The molecule has 1 aromatic heterocycles. The first-order chi connectivity index (χ1) is 9.92. The van der Waals surface area contributed by atoms with Gasteiger partial charge in [0.1, 0.15) is 11.6 Å². The van der Waals surface area contributed by atoms with Crippen LogP contribution in [0.5, 0.6) is 0 Å². The number of carbonyl (C=O) groups is 1. The molecule has 1 amide bonds. The number of benzene rings is 1. The molecule has 2 aromatic rings. The number of aryl methyl sites for hydroxylation is 1. The minimum Gasteiger partial charge on any atom is -0.354 e. The summed E-state index contributed by atoms with van der Waals surface area (Å²) in [6, 6.07) is 3.23. The van der Waals surface area contributed by atoms with E-state index in [1.54, 1.807) is 10.6 Å². The number of nitrogens with one attached hydrogen (secondary N) is 1. The molecule has 4 nitrogen and oxygen atoms in total. The van der Waals surface area contributed by atoms with Gasteiger partial charge in [0.05, 0.1) is 20.5 Å². The Kier molecular flexibility index (Phi) is 5.43. The average Bonchev–Trinajstić information content (AvgIpc) is 2.73. The van der Waals surface area contributed by atoms with Crippen molar-refractivity contribution in [3.63, 3.8) is 0 Å². The van der Waals surface area contributed by atoms with E-state index < -0.39 is 0 Å². The number of carbonyl (C=O) groups excluding carboxylic acids is 1. The molecule has 1 aromatic carbocycles. The maximum Gasteiger partial charge on any atom is 0.221 e. The predicted octanol–water partition coefficient (Wildman–Crippen LogP) is 3.43. The molecule has 0 aliphatic carbocycles. The van der Waals surface area contributed by atoms with E-state index in [-0.39, 0.29) is 23.6 Å². The first-order valence-corrected chi connectivity index (χ1v) is 8.23. The zero-order valence-electron chi connectivity index (χ0n) is 11.8. The monoisotopic (exact) mass is 423 g/mol. The Hall–Kier alpha value is -0.890. The highest BCUT2D eigenvalue weighted by Gasteiger charge is 2.14. The molecule has 0 saturated heterocycles. The van der Waals surface area contributed by atoms with E-state index in [0.717, 1.165) is 0 Å². The summed E-state index contributed by atoms with van der Waals surface area (Å²) in [5, 5.41) is 2.83. The van der Waals surface area contributed by atoms with Crippen molar-refractivity contribution in [2.24, 2.45) is 0 Å². The van der Waals surface area contributed by atoms with Gasteiger partial charge in [-0.25, -0.2) is 9.37 Å². The Morgan fingerprint density at radius 1 is 1.52 bits per heavy atom. The van der Waals surface area contributed by atoms with Crippen molar-refractivity contribution in [1.29, 1.82) is 0 Å². The Morgan fingerprint density at radius 3 is 2.86 bits per heavy atom. The maximum atomic E-state index is 13.8. The lowest BCUT2D eigenvalue weighted by Crippen LogP contribution is -2.30. The Morgan fingerprint density at radius 2 is 2.24 bits per heavy atom. The van der Waals surface area contributed by atoms with Gasteiger partial charge < -0.3 is 9.88 Å². The summed E-state index contributed by atoms with van der Waals surface area (Å²) < 4.78 is 16.1. The molecule has 0 spiro atoms. The van der Waals surface area contributed by atoms with Crippen molar-refractivity contribution < 1.29 is 9.18 Å². The molecule has 0 aliphatic heterocycles. The number of amides is 1. The summed E-state index contributed by atoms with van der Waals surface area (Å²) in [5.74, 6) is 0.527. The van der Waals surface area contributed by atoms with Crippen LogP contribution in [0.25, 0.3) is 11.0 Å². The largest absolute Gasteiger partial charge is 0.354 e. The van der Waals surface area contributed by atoms with Crippen LogP contribution in [0.2, 0.25) is 0 Å². The third-order valence-electron chi connectivity index (χ3n) is 3.00. The smallest absolute Gasteiger partial charge is 0.221 e. The van der Waals surface area contributed by atoms with Crippen LogP contribution in [0, 0.1) is 9.39 Å². The number of nitrogens with zero attached hydrogens (tertiary/aromatic N) is 2. The number of aromatic nitrogens is 2. The molecule has 0 radical (unpaired) electrons. The molecule has 0 fully saturated rings. The number of hydrogen-bond acceptors (Lipinski definition) is 2. The van der Waals surface area contributed by atoms with E-state index in [0.29, 0.717) is 33.4 Å². The SMILES string of the molecule is CC(C)NC(=O)CCn1c(CCl)nc2cc(I)c(F)cc21. The summed E-state index contributed by atoms with van der Waals surface area (Å²) in [4.78, 5) is 16.2. The summed E-state index contributed by atoms with van der Waals surface area (Å²) in [6.45, 7) is 4.25. The van der Waals surface area contributed by atoms with Gasteiger partial charge in [-0.15, -0.1) is 11.6 Å². The lowest BCUT2D eigenvalue weighted by Gasteiger charge is -2.10. The molecular weight excluding hydrogens is 408 g/mol. The van der Waals surface area contributed by atoms with Gasteiger partial charge in [-0.3, -0.25) is 4.79 Å². The molecule has 21 heavy (non-hydrogen) atoms. The average molecular weight is 424 g/mol. The fourth-order valence-corrected chi connectivity index (χ4v) is 2.78. The molecule has 0 unspecified atom stereocenters. The van der Waals surface area contributed by atoms with Gasteiger partial charge in [0, 0.05) is 25.1 Å². The van der Waals surface area contributed by atoms with Gasteiger partial charge in [0.15, 0.2) is 0 Å². The molecule has 0 saturated carbocycles. The first-order valence-electron chi connectivity index (χ1n) is 6.62. The van der Waals surface area contributed by atoms with Crippen molar-refractivity contribution in [2.75, 3.05) is 0 Å². The van der Waals surface area contributed by atoms with Crippen LogP contribution in [0.1, 0.15) is 26.1 Å². The quantitative estimate of drug-likeness (QED) is 0.592. The number of imidazole rings is 1. The summed E-state index contributed by atoms with van der Waals surface area (Å²) in [6.07, 6.45) is 0.307. The molecule has 1 N–H and O–H groups in total. The van der Waals surface area contributed by atoms with Crippen LogP contribution >= 0.6 is 34.2 Å². The van der Waals surface area contributed by atoms with Gasteiger partial charge in [-0.2, -0.15) is 0 Å². The number of fused-ring (bicyclic) bond motifs is 1. The Bertz CT molecular complexity index is 672. The van der Waals surface area contributed by atoms with Crippen LogP contribution in [0.4, 0.5) is 4.39 Å². The van der Waals surface area contributed by atoms with Crippen molar-refractivity contribution >= 4 is 51.1 Å². The van der Waals surface area contributed by atoms with E-state index in [1.165, 1.54) is 6.07 Å². The van der Waals surface area contributed by atoms with Crippen molar-refractivity contribution in [2.45, 2.75) is 38.7 Å². The Labute approximate surface area is 141 Å². The molecular formula is C14H16ClFIN3O. The zero-order chi connectivity index (χ0) is 15.6. The van der Waals surface area contributed by atoms with Gasteiger partial charge in [0.25, 0.3) is 0 Å². The molecule has 7 heteroatoms. The van der Waals surface area contributed by atoms with Crippen LogP contribution in [-0.4, -0.2) is 21.5 Å².